The van der Waals surface area contributed by atoms with Crippen LogP contribution in [0.15, 0.2) is 42.5 Å². The summed E-state index contributed by atoms with van der Waals surface area (Å²) >= 11 is -0.0140. The third-order valence-electron chi connectivity index (χ3n) is 3.00. The molecule has 5 nitrogen and oxygen atoms in total. The number of anilines is 1. The van der Waals surface area contributed by atoms with E-state index in [0.29, 0.717) is 12.3 Å². The zero-order chi connectivity index (χ0) is 14.5. The molecule has 3 aromatic rings. The van der Waals surface area contributed by atoms with E-state index in [1.807, 2.05) is 48.5 Å². The zero-order valence-electron chi connectivity index (χ0n) is 11.1. The molecule has 0 fully saturated rings. The van der Waals surface area contributed by atoms with Crippen molar-refractivity contribution >= 4 is 31.7 Å². The number of hydrogen-bond acceptors (Lipinski definition) is 5. The van der Waals surface area contributed by atoms with E-state index < -0.39 is 0 Å². The maximum absolute atomic E-state index is 8.47. The summed E-state index contributed by atoms with van der Waals surface area (Å²) in [7, 11) is 0. The molecule has 0 amide bonds. The summed E-state index contributed by atoms with van der Waals surface area (Å²) < 4.78 is 14.0. The first-order chi connectivity index (χ1) is 10.4. The number of aromatic nitrogens is 2. The van der Waals surface area contributed by atoms with Gasteiger partial charge in [-0.3, -0.25) is 0 Å². The monoisotopic (exact) mass is 344 g/mol. The molecule has 104 valence electrons. The van der Waals surface area contributed by atoms with Crippen molar-refractivity contribution in [1.29, 1.82) is 5.26 Å². The molecule has 1 N–H and O–H groups in total. The number of rotatable bonds is 5. The predicted molar refractivity (Wildman–Crippen MR) is 81.4 cm³/mol. The molecule has 21 heavy (non-hydrogen) atoms. The van der Waals surface area contributed by atoms with Gasteiger partial charge in [0.05, 0.1) is 0 Å². The van der Waals surface area contributed by atoms with Crippen LogP contribution in [0, 0.1) is 11.3 Å². The first-order valence-electron chi connectivity index (χ1n) is 6.40. The molecule has 0 atom stereocenters. The molecule has 6 heteroatoms. The molecular formula is C15H12N4OSe. The Hall–Kier alpha value is -2.35. The molecule has 2 aromatic carbocycles. The van der Waals surface area contributed by atoms with E-state index in [1.165, 1.54) is 0 Å². The van der Waals surface area contributed by atoms with Crippen molar-refractivity contribution in [2.24, 2.45) is 0 Å². The van der Waals surface area contributed by atoms with Crippen LogP contribution < -0.4 is 10.1 Å². The fourth-order valence-electron chi connectivity index (χ4n) is 1.97. The Morgan fingerprint density at radius 2 is 2.00 bits per heavy atom. The molecule has 1 aromatic heterocycles. The van der Waals surface area contributed by atoms with E-state index in [9.17, 15) is 0 Å². The Balaban J connectivity index is 1.67. The number of hydrogen-bond donors (Lipinski definition) is 1. The average molecular weight is 343 g/mol. The van der Waals surface area contributed by atoms with Crippen molar-refractivity contribution in [2.45, 2.75) is 6.54 Å². The minimum atomic E-state index is -0.0140. The number of ether oxygens (including phenoxy) is 1. The SMILES string of the molecule is N#CCOc1ccc(CNc2cccc3n[se]nc23)cc1. The summed E-state index contributed by atoms with van der Waals surface area (Å²) in [5.41, 5.74) is 4.09. The fraction of sp³-hybridized carbons (Fsp3) is 0.133. The van der Waals surface area contributed by atoms with Gasteiger partial charge in [-0.05, 0) is 0 Å². The third kappa shape index (κ3) is 3.22. The van der Waals surface area contributed by atoms with Crippen molar-refractivity contribution in [2.75, 3.05) is 11.9 Å². The summed E-state index contributed by atoms with van der Waals surface area (Å²) in [5.74, 6) is 0.706. The molecule has 0 unspecified atom stereocenters. The second kappa shape index (κ2) is 6.40. The second-order valence-electron chi connectivity index (χ2n) is 4.38. The van der Waals surface area contributed by atoms with E-state index in [-0.39, 0.29) is 21.6 Å². The van der Waals surface area contributed by atoms with E-state index in [0.717, 1.165) is 22.3 Å². The molecule has 0 aliphatic carbocycles. The van der Waals surface area contributed by atoms with E-state index in [4.69, 9.17) is 10.00 Å². The molecule has 0 spiro atoms. The van der Waals surface area contributed by atoms with Crippen LogP contribution in [-0.4, -0.2) is 29.5 Å². The van der Waals surface area contributed by atoms with Crippen LogP contribution in [0.25, 0.3) is 11.0 Å². The first kappa shape index (κ1) is 13.6. The van der Waals surface area contributed by atoms with Gasteiger partial charge in [-0.15, -0.1) is 0 Å². The molecule has 3 rings (SSSR count). The summed E-state index contributed by atoms with van der Waals surface area (Å²) in [6.07, 6.45) is 0. The van der Waals surface area contributed by atoms with Gasteiger partial charge >= 0.3 is 123 Å². The minimum absolute atomic E-state index is 0.0140. The standard InChI is InChI=1S/C15H12N4OSe/c16-8-9-20-12-6-4-11(5-7-12)10-17-13-2-1-3-14-15(13)19-21-18-14/h1-7,17H,9-10H2. The summed E-state index contributed by atoms with van der Waals surface area (Å²) in [6, 6.07) is 15.6. The topological polar surface area (TPSA) is 70.8 Å². The van der Waals surface area contributed by atoms with Gasteiger partial charge in [-0.25, -0.2) is 0 Å². The third-order valence-corrected chi connectivity index (χ3v) is 4.13. The average Bonchev–Trinajstić information content (AvgIpc) is 3.01. The second-order valence-corrected chi connectivity index (χ2v) is 5.49. The molecule has 0 aliphatic heterocycles. The molecule has 0 bridgehead atoms. The van der Waals surface area contributed by atoms with Gasteiger partial charge in [0.1, 0.15) is 0 Å². The van der Waals surface area contributed by atoms with Crippen molar-refractivity contribution in [3.05, 3.63) is 48.0 Å². The summed E-state index contributed by atoms with van der Waals surface area (Å²) in [4.78, 5) is 0. The van der Waals surface area contributed by atoms with Crippen molar-refractivity contribution in [3.8, 4) is 11.8 Å². The van der Waals surface area contributed by atoms with Gasteiger partial charge in [0.15, 0.2) is 0 Å². The molecule has 1 heterocycles. The van der Waals surface area contributed by atoms with E-state index in [1.54, 1.807) is 0 Å². The summed E-state index contributed by atoms with van der Waals surface area (Å²) in [6.45, 7) is 0.776. The normalized spacial score (nSPS) is 10.2. The van der Waals surface area contributed by atoms with Gasteiger partial charge in [0, 0.05) is 0 Å². The van der Waals surface area contributed by atoms with Crippen LogP contribution in [0.5, 0.6) is 5.75 Å². The predicted octanol–water partition coefficient (Wildman–Crippen LogP) is 2.20. The van der Waals surface area contributed by atoms with Gasteiger partial charge in [-0.1, -0.05) is 0 Å². The van der Waals surface area contributed by atoms with Crippen LogP contribution in [0.1, 0.15) is 5.56 Å². The number of nitrogens with zero attached hydrogens (tertiary/aromatic N) is 3. The first-order valence-corrected chi connectivity index (χ1v) is 7.94. The number of nitrogens with one attached hydrogen (secondary N) is 1. The van der Waals surface area contributed by atoms with Crippen LogP contribution >= 0.6 is 0 Å². The van der Waals surface area contributed by atoms with Crippen molar-refractivity contribution in [1.82, 2.24) is 7.96 Å². The van der Waals surface area contributed by atoms with Gasteiger partial charge in [0.25, 0.3) is 0 Å². The Morgan fingerprint density at radius 1 is 1.14 bits per heavy atom. The number of benzene rings is 2. The van der Waals surface area contributed by atoms with Gasteiger partial charge in [0.2, 0.25) is 0 Å². The van der Waals surface area contributed by atoms with Crippen LogP contribution in [-0.2, 0) is 6.54 Å². The zero-order valence-corrected chi connectivity index (χ0v) is 12.8. The molecular weight excluding hydrogens is 331 g/mol. The Morgan fingerprint density at radius 3 is 2.81 bits per heavy atom. The van der Waals surface area contributed by atoms with Crippen molar-refractivity contribution in [3.63, 3.8) is 0 Å². The molecule has 0 radical (unpaired) electrons. The van der Waals surface area contributed by atoms with Gasteiger partial charge in [-0.2, -0.15) is 5.26 Å². The molecule has 0 saturated heterocycles. The van der Waals surface area contributed by atoms with Gasteiger partial charge < -0.3 is 0 Å². The quantitative estimate of drug-likeness (QED) is 0.719. The molecule has 0 saturated carbocycles. The summed E-state index contributed by atoms with van der Waals surface area (Å²) in [5, 5.41) is 11.9. The van der Waals surface area contributed by atoms with E-state index in [2.05, 4.69) is 13.3 Å². The van der Waals surface area contributed by atoms with E-state index >= 15 is 0 Å². The number of nitriles is 1. The Kier molecular flexibility index (Phi) is 4.15. The van der Waals surface area contributed by atoms with Crippen LogP contribution in [0.3, 0.4) is 0 Å². The fourth-order valence-corrected chi connectivity index (χ4v) is 3.12. The Labute approximate surface area is 128 Å². The maximum atomic E-state index is 8.47. The number of fused-ring (bicyclic) bond motifs is 1. The van der Waals surface area contributed by atoms with Crippen LogP contribution in [0.4, 0.5) is 5.69 Å². The van der Waals surface area contributed by atoms with Crippen LogP contribution in [0.2, 0.25) is 0 Å². The Bertz CT molecular complexity index is 776. The van der Waals surface area contributed by atoms with Crippen molar-refractivity contribution < 1.29 is 4.74 Å². The molecule has 0 aliphatic rings.